The van der Waals surface area contributed by atoms with Crippen LogP contribution in [0.5, 0.6) is 17.2 Å². The number of esters is 1. The van der Waals surface area contributed by atoms with Gasteiger partial charge in [-0.2, -0.15) is 13.2 Å². The average Bonchev–Trinajstić information content (AvgIpc) is 3.61. The van der Waals surface area contributed by atoms with Gasteiger partial charge in [-0.05, 0) is 94.2 Å². The molecule has 0 saturated heterocycles. The number of carbonyl (C=O) groups is 2. The van der Waals surface area contributed by atoms with Crippen molar-refractivity contribution in [3.63, 3.8) is 0 Å². The molecule has 0 unspecified atom stereocenters. The lowest BCUT2D eigenvalue weighted by Gasteiger charge is -2.09. The van der Waals surface area contributed by atoms with Crippen molar-refractivity contribution in [3.8, 4) is 17.2 Å². The van der Waals surface area contributed by atoms with Gasteiger partial charge in [-0.3, -0.25) is 0 Å². The molecule has 49 heavy (non-hydrogen) atoms. The maximum absolute atomic E-state index is 12.5. The van der Waals surface area contributed by atoms with E-state index in [9.17, 15) is 32.9 Å². The number of ether oxygens (including phenoxy) is 4. The maximum atomic E-state index is 12.5. The van der Waals surface area contributed by atoms with E-state index in [1.54, 1.807) is 18.2 Å². The monoisotopic (exact) mass is 695 g/mol. The molecule has 13 heteroatoms. The molecule has 1 fully saturated rings. The number of alkyl halides is 3. The molecule has 0 aromatic heterocycles. The molecule has 3 rings (SSSR count). The van der Waals surface area contributed by atoms with E-state index >= 15 is 0 Å². The molecule has 0 aliphatic heterocycles. The summed E-state index contributed by atoms with van der Waals surface area (Å²) >= 11 is 0. The molecule has 0 amide bonds. The summed E-state index contributed by atoms with van der Waals surface area (Å²) in [6, 6.07) is 9.72. The fourth-order valence-electron chi connectivity index (χ4n) is 4.49. The van der Waals surface area contributed by atoms with Gasteiger partial charge in [0.1, 0.15) is 12.0 Å². The third-order valence-electron chi connectivity index (χ3n) is 7.04. The molecule has 272 valence electrons. The zero-order valence-corrected chi connectivity index (χ0v) is 28.5. The highest BCUT2D eigenvalue weighted by molar-refractivity contribution is 5.90. The molecular weight excluding hydrogens is 647 g/mol. The lowest BCUT2D eigenvalue weighted by Crippen LogP contribution is -2.08. The van der Waals surface area contributed by atoms with Crippen LogP contribution in [0.3, 0.4) is 0 Å². The minimum atomic E-state index is -4.32. The van der Waals surface area contributed by atoms with Gasteiger partial charge in [0, 0.05) is 6.42 Å². The fraction of sp³-hybridized carbons (Fsp3) is 0.500. The van der Waals surface area contributed by atoms with Crippen molar-refractivity contribution in [1.29, 1.82) is 0 Å². The fourth-order valence-corrected chi connectivity index (χ4v) is 4.49. The zero-order valence-electron chi connectivity index (χ0n) is 28.5. The van der Waals surface area contributed by atoms with Gasteiger partial charge in [0.2, 0.25) is 0 Å². The molecule has 1 aliphatic rings. The van der Waals surface area contributed by atoms with E-state index in [0.717, 1.165) is 37.7 Å². The van der Waals surface area contributed by atoms with Crippen LogP contribution in [0.15, 0.2) is 66.8 Å². The second-order valence-electron chi connectivity index (χ2n) is 10.8. The van der Waals surface area contributed by atoms with Gasteiger partial charge in [0.25, 0.3) is 5.09 Å². The highest BCUT2D eigenvalue weighted by Gasteiger charge is 2.30. The Hall–Kier alpha value is -4.55. The summed E-state index contributed by atoms with van der Waals surface area (Å²) in [6.07, 6.45) is 14.5. The van der Waals surface area contributed by atoms with E-state index in [1.165, 1.54) is 52.0 Å². The van der Waals surface area contributed by atoms with Crippen molar-refractivity contribution < 1.29 is 51.6 Å². The molecule has 0 bridgehead atoms. The number of allylic oxidation sites excluding steroid dienone is 3. The minimum Gasteiger partial charge on any atom is -0.493 e. The van der Waals surface area contributed by atoms with Crippen LogP contribution in [-0.4, -0.2) is 51.4 Å². The summed E-state index contributed by atoms with van der Waals surface area (Å²) in [7, 11) is 2.98. The van der Waals surface area contributed by atoms with Gasteiger partial charge in [0.15, 0.2) is 11.5 Å². The van der Waals surface area contributed by atoms with E-state index in [1.807, 2.05) is 13.0 Å². The molecular formula is C36H48F3NO9. The van der Waals surface area contributed by atoms with Crippen molar-refractivity contribution in [2.24, 2.45) is 5.92 Å². The van der Waals surface area contributed by atoms with Crippen molar-refractivity contribution in [2.45, 2.75) is 77.3 Å². The molecule has 0 heterocycles. The Balaban J connectivity index is 0.000000403. The number of methoxy groups -OCH3 is 2. The first-order valence-corrected chi connectivity index (χ1v) is 16.2. The van der Waals surface area contributed by atoms with Crippen LogP contribution in [0.2, 0.25) is 0 Å². The van der Waals surface area contributed by atoms with E-state index in [-0.39, 0.29) is 19.0 Å². The quantitative estimate of drug-likeness (QED) is 0.0375. The molecule has 1 saturated carbocycles. The third-order valence-corrected chi connectivity index (χ3v) is 7.04. The lowest BCUT2D eigenvalue weighted by atomic mass is 10.1. The number of rotatable bonds is 18. The Labute approximate surface area is 286 Å². The molecule has 2 aromatic rings. The summed E-state index contributed by atoms with van der Waals surface area (Å²) in [5.74, 6) is 1.42. The second kappa shape index (κ2) is 25.5. The standard InChI is InChI=1S/C16H19F3O.C13H17NO7.C7H12O/c17-16(18,19)14-9-5-10-15(12-14)20-11-4-3-8-13-6-1-2-7-13;1-18-11-6-5-10(9-12(11)19-2)13(15)20-7-3-4-8-21-14(16)17;1-2-3-4-5-6-7-8/h3,5,8-10,12-13H,1-2,4,6-7,11H2;5-6,9H,3-4,7-8H2,1-2H3;2-3,7H,4-6H2,1H3/b8-3+;;3-2-. The zero-order chi connectivity index (χ0) is 36.3. The summed E-state index contributed by atoms with van der Waals surface area (Å²) in [4.78, 5) is 35.6. The summed E-state index contributed by atoms with van der Waals surface area (Å²) in [5.41, 5.74) is -0.328. The topological polar surface area (TPSA) is 123 Å². The number of unbranched alkanes of at least 4 members (excludes halogenated alkanes) is 3. The van der Waals surface area contributed by atoms with Crippen molar-refractivity contribution >= 4 is 12.3 Å². The van der Waals surface area contributed by atoms with Crippen LogP contribution >= 0.6 is 0 Å². The van der Waals surface area contributed by atoms with E-state index in [0.29, 0.717) is 48.8 Å². The normalized spacial score (nSPS) is 12.8. The van der Waals surface area contributed by atoms with Crippen LogP contribution in [0.1, 0.15) is 87.1 Å². The van der Waals surface area contributed by atoms with Gasteiger partial charge < -0.3 is 28.6 Å². The average molecular weight is 696 g/mol. The Kier molecular flexibility index (Phi) is 22.1. The van der Waals surface area contributed by atoms with Crippen molar-refractivity contribution in [1.82, 2.24) is 0 Å². The van der Waals surface area contributed by atoms with Crippen LogP contribution in [0.25, 0.3) is 0 Å². The first-order valence-electron chi connectivity index (χ1n) is 16.2. The van der Waals surface area contributed by atoms with Gasteiger partial charge in [-0.25, -0.2) is 4.79 Å². The molecule has 1 aliphatic carbocycles. The first-order chi connectivity index (χ1) is 23.5. The first kappa shape index (κ1) is 42.5. The van der Waals surface area contributed by atoms with Crippen LogP contribution < -0.4 is 14.2 Å². The van der Waals surface area contributed by atoms with Crippen LogP contribution in [-0.2, 0) is 20.5 Å². The number of halogens is 3. The van der Waals surface area contributed by atoms with Crippen LogP contribution in [0.4, 0.5) is 13.2 Å². The number of aldehydes is 1. The number of hydrogen-bond acceptors (Lipinski definition) is 9. The summed E-state index contributed by atoms with van der Waals surface area (Å²) < 4.78 is 58.1. The summed E-state index contributed by atoms with van der Waals surface area (Å²) in [5, 5.41) is 9.06. The second-order valence-corrected chi connectivity index (χ2v) is 10.8. The number of nitrogens with zero attached hydrogens (tertiary/aromatic N) is 1. The molecule has 0 atom stereocenters. The minimum absolute atomic E-state index is 0.0130. The predicted octanol–water partition coefficient (Wildman–Crippen LogP) is 9.00. The Bertz CT molecular complexity index is 1290. The van der Waals surface area contributed by atoms with Gasteiger partial charge in [0.05, 0.1) is 45.2 Å². The van der Waals surface area contributed by atoms with Gasteiger partial charge in [-0.1, -0.05) is 43.2 Å². The maximum Gasteiger partial charge on any atom is 0.416 e. The van der Waals surface area contributed by atoms with E-state index in [4.69, 9.17) is 18.9 Å². The lowest BCUT2D eigenvalue weighted by molar-refractivity contribution is -0.757. The Morgan fingerprint density at radius 3 is 2.27 bits per heavy atom. The van der Waals surface area contributed by atoms with Gasteiger partial charge >= 0.3 is 12.1 Å². The number of carbonyl (C=O) groups excluding carboxylic acids is 2. The van der Waals surface area contributed by atoms with Gasteiger partial charge in [-0.15, -0.1) is 10.1 Å². The Morgan fingerprint density at radius 2 is 1.63 bits per heavy atom. The molecule has 0 N–H and O–H groups in total. The Morgan fingerprint density at radius 1 is 0.918 bits per heavy atom. The summed E-state index contributed by atoms with van der Waals surface area (Å²) in [6.45, 7) is 2.54. The predicted molar refractivity (Wildman–Crippen MR) is 179 cm³/mol. The third kappa shape index (κ3) is 19.8. The smallest absolute Gasteiger partial charge is 0.416 e. The van der Waals surface area contributed by atoms with Crippen molar-refractivity contribution in [2.75, 3.05) is 34.0 Å². The molecule has 10 nitrogen and oxygen atoms in total. The highest BCUT2D eigenvalue weighted by atomic mass is 19.4. The van der Waals surface area contributed by atoms with E-state index < -0.39 is 22.8 Å². The molecule has 0 radical (unpaired) electrons. The highest BCUT2D eigenvalue weighted by Crippen LogP contribution is 2.31. The largest absolute Gasteiger partial charge is 0.493 e. The van der Waals surface area contributed by atoms with E-state index in [2.05, 4.69) is 23.1 Å². The molecule has 2 aromatic carbocycles. The molecule has 0 spiro atoms. The van der Waals surface area contributed by atoms with Crippen molar-refractivity contribution in [3.05, 3.63) is 88.0 Å². The number of benzene rings is 2. The SMILES string of the molecule is C/C=C\CCCC=O.COc1ccc(C(=O)OCCCCO[N+](=O)[O-])cc1OC.FC(F)(F)c1cccc(OCC/C=C/C2CCCC2)c1. The van der Waals surface area contributed by atoms with Crippen LogP contribution in [0, 0.1) is 16.0 Å². The number of hydrogen-bond donors (Lipinski definition) is 0.